The number of carbonyl (C=O) groups excluding carboxylic acids is 1. The van der Waals surface area contributed by atoms with Crippen LogP contribution in [0.15, 0.2) is 0 Å². The molecule has 1 unspecified atom stereocenters. The van der Waals surface area contributed by atoms with Gasteiger partial charge in [-0.05, 0) is 5.92 Å². The topological polar surface area (TPSA) is 66.4 Å². The Hall–Kier alpha value is -1.27. The van der Waals surface area contributed by atoms with Gasteiger partial charge in [0.1, 0.15) is 12.5 Å². The second-order valence-corrected chi connectivity index (χ2v) is 3.42. The van der Waals surface area contributed by atoms with E-state index in [1.54, 1.807) is 0 Å². The largest absolute Gasteiger partial charge is 0.480 e. The number of aliphatic carboxylic acids is 1. The van der Waals surface area contributed by atoms with E-state index in [4.69, 9.17) is 5.11 Å². The van der Waals surface area contributed by atoms with Crippen LogP contribution in [0.25, 0.3) is 0 Å². The zero-order valence-electron chi connectivity index (χ0n) is 8.26. The predicted molar refractivity (Wildman–Crippen MR) is 45.1 cm³/mol. The number of carboxylic acids is 1. The Bertz CT molecular complexity index is 250. The standard InChI is InChI=1S/C8H12F3NO3/c1-4(2)6(7(14)15)12-5(13)3-8(9,10)11/h4,6H,3H2,1-2H3,(H,12,13)(H,14,15). The Kier molecular flexibility index (Phi) is 4.57. The number of hydrogen-bond donors (Lipinski definition) is 2. The van der Waals surface area contributed by atoms with Crippen molar-refractivity contribution in [1.29, 1.82) is 0 Å². The summed E-state index contributed by atoms with van der Waals surface area (Å²) in [5.74, 6) is -3.15. The maximum absolute atomic E-state index is 11.8. The molecular formula is C8H12F3NO3. The summed E-state index contributed by atoms with van der Waals surface area (Å²) in [6, 6.07) is -1.29. The number of rotatable bonds is 4. The van der Waals surface area contributed by atoms with Gasteiger partial charge in [-0.25, -0.2) is 4.79 Å². The van der Waals surface area contributed by atoms with Gasteiger partial charge in [-0.15, -0.1) is 0 Å². The minimum Gasteiger partial charge on any atom is -0.480 e. The molecule has 0 saturated heterocycles. The van der Waals surface area contributed by atoms with Gasteiger partial charge in [0.05, 0.1) is 0 Å². The minimum absolute atomic E-state index is 0.473. The predicted octanol–water partition coefficient (Wildman–Crippen LogP) is 1.16. The average Bonchev–Trinajstić information content (AvgIpc) is 1.95. The maximum atomic E-state index is 11.8. The number of carbonyl (C=O) groups is 2. The molecule has 2 N–H and O–H groups in total. The first kappa shape index (κ1) is 13.7. The van der Waals surface area contributed by atoms with Crippen molar-refractivity contribution in [2.24, 2.45) is 5.92 Å². The molecule has 0 bridgehead atoms. The third kappa shape index (κ3) is 5.92. The van der Waals surface area contributed by atoms with E-state index in [0.717, 1.165) is 0 Å². The third-order valence-corrected chi connectivity index (χ3v) is 1.61. The molecule has 1 amide bonds. The molecule has 15 heavy (non-hydrogen) atoms. The fraction of sp³-hybridized carbons (Fsp3) is 0.750. The van der Waals surface area contributed by atoms with Crippen LogP contribution in [0, 0.1) is 5.92 Å². The molecule has 0 saturated carbocycles. The lowest BCUT2D eigenvalue weighted by Crippen LogP contribution is -2.45. The van der Waals surface area contributed by atoms with Crippen molar-refractivity contribution in [2.45, 2.75) is 32.5 Å². The van der Waals surface area contributed by atoms with E-state index in [1.165, 1.54) is 13.8 Å². The van der Waals surface area contributed by atoms with E-state index in [2.05, 4.69) is 0 Å². The van der Waals surface area contributed by atoms with E-state index in [9.17, 15) is 22.8 Å². The minimum atomic E-state index is -4.62. The highest BCUT2D eigenvalue weighted by atomic mass is 19.4. The Morgan fingerprint density at radius 1 is 1.33 bits per heavy atom. The van der Waals surface area contributed by atoms with Crippen molar-refractivity contribution in [1.82, 2.24) is 5.32 Å². The smallest absolute Gasteiger partial charge is 0.397 e. The van der Waals surface area contributed by atoms with Gasteiger partial charge >= 0.3 is 12.1 Å². The van der Waals surface area contributed by atoms with Crippen LogP contribution in [0.4, 0.5) is 13.2 Å². The van der Waals surface area contributed by atoms with Crippen molar-refractivity contribution in [3.05, 3.63) is 0 Å². The van der Waals surface area contributed by atoms with Gasteiger partial charge in [-0.3, -0.25) is 4.79 Å². The zero-order valence-corrected chi connectivity index (χ0v) is 8.26. The molecular weight excluding hydrogens is 215 g/mol. The summed E-state index contributed by atoms with van der Waals surface area (Å²) in [6.07, 6.45) is -6.28. The summed E-state index contributed by atoms with van der Waals surface area (Å²) in [7, 11) is 0. The number of halogens is 3. The second kappa shape index (κ2) is 4.99. The highest BCUT2D eigenvalue weighted by molar-refractivity contribution is 5.83. The molecule has 4 nitrogen and oxygen atoms in total. The summed E-state index contributed by atoms with van der Waals surface area (Å²) < 4.78 is 35.3. The van der Waals surface area contributed by atoms with Crippen molar-refractivity contribution in [3.63, 3.8) is 0 Å². The molecule has 0 spiro atoms. The van der Waals surface area contributed by atoms with Crippen LogP contribution < -0.4 is 5.32 Å². The van der Waals surface area contributed by atoms with Gasteiger partial charge in [0.15, 0.2) is 0 Å². The van der Waals surface area contributed by atoms with Gasteiger partial charge in [0.25, 0.3) is 0 Å². The molecule has 0 aromatic carbocycles. The number of nitrogens with one attached hydrogen (secondary N) is 1. The third-order valence-electron chi connectivity index (χ3n) is 1.61. The summed E-state index contributed by atoms with van der Waals surface area (Å²) in [5, 5.41) is 10.4. The van der Waals surface area contributed by atoms with Crippen molar-refractivity contribution >= 4 is 11.9 Å². The molecule has 0 fully saturated rings. The van der Waals surface area contributed by atoms with Gasteiger partial charge in [0, 0.05) is 0 Å². The Morgan fingerprint density at radius 2 is 1.80 bits per heavy atom. The number of carboxylic acid groups (broad SMARTS) is 1. The van der Waals surface area contributed by atoms with Crippen LogP contribution in [0.2, 0.25) is 0 Å². The molecule has 0 aliphatic carbocycles. The Morgan fingerprint density at radius 3 is 2.07 bits per heavy atom. The molecule has 0 aromatic rings. The molecule has 0 radical (unpaired) electrons. The molecule has 0 aliphatic rings. The lowest BCUT2D eigenvalue weighted by atomic mass is 10.0. The lowest BCUT2D eigenvalue weighted by molar-refractivity contribution is -0.157. The van der Waals surface area contributed by atoms with E-state index in [1.807, 2.05) is 5.32 Å². The fourth-order valence-electron chi connectivity index (χ4n) is 0.920. The molecule has 1 atom stereocenters. The van der Waals surface area contributed by atoms with Crippen LogP contribution in [0.5, 0.6) is 0 Å². The summed E-state index contributed by atoms with van der Waals surface area (Å²) >= 11 is 0. The lowest BCUT2D eigenvalue weighted by Gasteiger charge is -2.18. The van der Waals surface area contributed by atoms with Gasteiger partial charge in [-0.2, -0.15) is 13.2 Å². The van der Waals surface area contributed by atoms with E-state index in [-0.39, 0.29) is 0 Å². The quantitative estimate of drug-likeness (QED) is 0.757. The Labute approximate surface area is 84.5 Å². The normalized spacial score (nSPS) is 13.7. The fourth-order valence-corrected chi connectivity index (χ4v) is 0.920. The summed E-state index contributed by atoms with van der Waals surface area (Å²) in [4.78, 5) is 21.3. The Balaban J connectivity index is 4.31. The molecule has 88 valence electrons. The highest BCUT2D eigenvalue weighted by Gasteiger charge is 2.33. The van der Waals surface area contributed by atoms with Gasteiger partial charge in [0.2, 0.25) is 5.91 Å². The SMILES string of the molecule is CC(C)C(NC(=O)CC(F)(F)F)C(=O)O. The van der Waals surface area contributed by atoms with Crippen LogP contribution >= 0.6 is 0 Å². The van der Waals surface area contributed by atoms with E-state index < -0.39 is 36.4 Å². The maximum Gasteiger partial charge on any atom is 0.397 e. The van der Waals surface area contributed by atoms with Crippen molar-refractivity contribution in [3.8, 4) is 0 Å². The average molecular weight is 227 g/mol. The monoisotopic (exact) mass is 227 g/mol. The van der Waals surface area contributed by atoms with E-state index in [0.29, 0.717) is 0 Å². The molecule has 0 aromatic heterocycles. The van der Waals surface area contributed by atoms with Crippen LogP contribution in [-0.2, 0) is 9.59 Å². The number of hydrogen-bond acceptors (Lipinski definition) is 2. The molecule has 0 rings (SSSR count). The van der Waals surface area contributed by atoms with Crippen molar-refractivity contribution in [2.75, 3.05) is 0 Å². The van der Waals surface area contributed by atoms with Crippen molar-refractivity contribution < 1.29 is 27.9 Å². The first-order chi connectivity index (χ1) is 6.63. The second-order valence-electron chi connectivity index (χ2n) is 3.42. The van der Waals surface area contributed by atoms with E-state index >= 15 is 0 Å². The molecule has 0 aliphatic heterocycles. The highest BCUT2D eigenvalue weighted by Crippen LogP contribution is 2.19. The van der Waals surface area contributed by atoms with Crippen LogP contribution in [0.3, 0.4) is 0 Å². The zero-order chi connectivity index (χ0) is 12.2. The van der Waals surface area contributed by atoms with Gasteiger partial charge in [-0.1, -0.05) is 13.8 Å². The van der Waals surface area contributed by atoms with Crippen LogP contribution in [-0.4, -0.2) is 29.2 Å². The first-order valence-electron chi connectivity index (χ1n) is 4.22. The number of alkyl halides is 3. The van der Waals surface area contributed by atoms with Gasteiger partial charge < -0.3 is 10.4 Å². The summed E-state index contributed by atoms with van der Waals surface area (Å²) in [6.45, 7) is 2.99. The molecule has 0 heterocycles. The summed E-state index contributed by atoms with van der Waals surface area (Å²) in [5.41, 5.74) is 0. The number of amides is 1. The van der Waals surface area contributed by atoms with Crippen LogP contribution in [0.1, 0.15) is 20.3 Å². The molecule has 7 heteroatoms. The first-order valence-corrected chi connectivity index (χ1v) is 4.22.